The fourth-order valence-electron chi connectivity index (χ4n) is 12.0. The number of aliphatic hydroxyl groups excluding tert-OH is 3. The Morgan fingerprint density at radius 2 is 1.06 bits per heavy atom. The minimum Gasteiger partial charge on any atom is -0.455 e. The number of carbonyl (C=O) groups excluding carboxylic acids is 5. The molecule has 20 N–H and O–H groups in total. The number of amides is 3. The Morgan fingerprint density at radius 1 is 0.608 bits per heavy atom. The van der Waals surface area contributed by atoms with E-state index in [1.165, 1.54) is 52.6 Å². The molecule has 10 heterocycles. The van der Waals surface area contributed by atoms with Gasteiger partial charge in [0.15, 0.2) is 48.1 Å². The first-order valence-electron chi connectivity index (χ1n) is 36.6. The van der Waals surface area contributed by atoms with E-state index in [2.05, 4.69) is 59.0 Å². The maximum atomic E-state index is 13.9. The number of nitrogen functional groups attached to an aromatic ring is 4. The Morgan fingerprint density at radius 3 is 1.50 bits per heavy atom. The zero-order valence-electron chi connectivity index (χ0n) is 65.5. The van der Waals surface area contributed by atoms with Gasteiger partial charge in [0.1, 0.15) is 120 Å². The summed E-state index contributed by atoms with van der Waals surface area (Å²) in [5.41, 5.74) is 20.6. The predicted octanol–water partition coefficient (Wildman–Crippen LogP) is -0.172. The van der Waals surface area contributed by atoms with Crippen molar-refractivity contribution in [3.05, 3.63) is 70.8 Å². The van der Waals surface area contributed by atoms with Crippen LogP contribution in [0.15, 0.2) is 59.4 Å². The molecule has 0 aromatic carbocycles. The summed E-state index contributed by atoms with van der Waals surface area (Å²) in [5.74, 6) is -5.80. The normalized spacial score (nSPS) is 24.3. The second-order valence-electron chi connectivity index (χ2n) is 28.2. The van der Waals surface area contributed by atoms with Crippen LogP contribution in [0.4, 0.5) is 50.0 Å². The summed E-state index contributed by atoms with van der Waals surface area (Å²) in [4.78, 5) is 174. The first kappa shape index (κ1) is 102. The van der Waals surface area contributed by atoms with Crippen LogP contribution in [0.25, 0.3) is 22.3 Å². The number of alkyl halides is 6. The van der Waals surface area contributed by atoms with Crippen molar-refractivity contribution in [3.8, 4) is 6.07 Å². The van der Waals surface area contributed by atoms with Gasteiger partial charge in [0.05, 0.1) is 45.0 Å². The van der Waals surface area contributed by atoms with E-state index in [0.717, 1.165) is 15.5 Å². The number of nitrogens with one attached hydrogen (secondary N) is 3. The van der Waals surface area contributed by atoms with Crippen LogP contribution in [-0.4, -0.2) is 262 Å². The summed E-state index contributed by atoms with van der Waals surface area (Å²) < 4.78 is 180. The molecule has 0 spiro atoms. The molecule has 0 bridgehead atoms. The SMILES string of the molecule is CC(C)(C)OC(=O)N[C@@H](CCCCNC(=O)C(F)(F)I)C(=O)O[C@H]1[C@@H](O)[C@H](n2cnc3c(N)ncnc32)O[C@@H]1COP(=O)(O)O[C@H]1C[C@H](n2ccc(N)nc2=O)O[C@@H]1COP(=O)(O)O.C[C@@H](CCCCNC(=O)C(F)(F)F)C(=O)OCC#N.Nc1ccn([C@H]2C[C@H](OP(=O)(O)OC[C@H]3O[C@@H](n4cnc5c(N)ncnc54)[C@H](O)[C@@H]3O)[C@@H](COP(=O)(O)O)O2)c(=O)n1. The first-order chi connectivity index (χ1) is 58.2. The predicted molar refractivity (Wildman–Crippen MR) is 413 cm³/mol. The molecular formula is C62H86F5IN20O33P4. The lowest BCUT2D eigenvalue weighted by molar-refractivity contribution is -0.173. The molecule has 53 nitrogen and oxygen atoms in total. The second-order valence-corrected chi connectivity index (χ2v) is 34.9. The van der Waals surface area contributed by atoms with Crippen molar-refractivity contribution in [2.75, 3.05) is 69.1 Å². The van der Waals surface area contributed by atoms with Gasteiger partial charge in [-0.1, -0.05) is 13.3 Å². The third-order valence-electron chi connectivity index (χ3n) is 17.8. The molecule has 6 aromatic rings. The number of halogens is 6. The monoisotopic (exact) mass is 1980 g/mol. The second kappa shape index (κ2) is 43.4. The summed E-state index contributed by atoms with van der Waals surface area (Å²) >= 11 is 0.665. The van der Waals surface area contributed by atoms with Gasteiger partial charge in [-0.2, -0.15) is 37.2 Å². The van der Waals surface area contributed by atoms with Gasteiger partial charge in [-0.25, -0.2) is 67.3 Å². The Kier molecular flexibility index (Phi) is 35.3. The van der Waals surface area contributed by atoms with Crippen LogP contribution in [0.5, 0.6) is 0 Å². The third kappa shape index (κ3) is 29.9. The molecule has 2 unspecified atom stereocenters. The molecule has 694 valence electrons. The lowest BCUT2D eigenvalue weighted by Crippen LogP contribution is -2.47. The molecular weight excluding hydrogens is 1900 g/mol. The number of unbranched alkanes of at least 4 members (excludes halogenated alkanes) is 2. The van der Waals surface area contributed by atoms with E-state index in [-0.39, 0.29) is 91.0 Å². The maximum absolute atomic E-state index is 13.9. The summed E-state index contributed by atoms with van der Waals surface area (Å²) in [7, 11) is -20.4. The molecule has 18 atom stereocenters. The summed E-state index contributed by atoms with van der Waals surface area (Å²) in [6.07, 6.45) is -18.9. The van der Waals surface area contributed by atoms with E-state index in [9.17, 15) is 109 Å². The van der Waals surface area contributed by atoms with Gasteiger partial charge in [0.25, 0.3) is 0 Å². The number of fused-ring (bicyclic) bond motifs is 2. The van der Waals surface area contributed by atoms with Crippen LogP contribution in [0, 0.1) is 17.2 Å². The first-order valence-corrected chi connectivity index (χ1v) is 43.7. The molecule has 4 aliphatic heterocycles. The molecule has 0 saturated carbocycles. The van der Waals surface area contributed by atoms with Crippen molar-refractivity contribution in [2.45, 2.75) is 187 Å². The summed E-state index contributed by atoms with van der Waals surface area (Å²) in [5, 5.41) is 47.1. The molecule has 63 heteroatoms. The van der Waals surface area contributed by atoms with Crippen molar-refractivity contribution in [3.63, 3.8) is 0 Å². The number of hydrogen-bond donors (Lipinski definition) is 16. The Bertz CT molecular complexity index is 5120. The van der Waals surface area contributed by atoms with Crippen molar-refractivity contribution < 1.29 is 169 Å². The molecule has 3 amide bonds. The van der Waals surface area contributed by atoms with Crippen molar-refractivity contribution in [1.29, 1.82) is 5.26 Å². The lowest BCUT2D eigenvalue weighted by atomic mass is 10.0. The van der Waals surface area contributed by atoms with Crippen LogP contribution in [0.3, 0.4) is 0 Å². The third-order valence-corrected chi connectivity index (χ3v) is 21.3. The molecule has 4 aliphatic rings. The van der Waals surface area contributed by atoms with Crippen LogP contribution in [-0.2, 0) is 97.7 Å². The largest absolute Gasteiger partial charge is 0.472 e. The van der Waals surface area contributed by atoms with E-state index in [1.807, 2.05) is 5.32 Å². The molecule has 6 aromatic heterocycles. The van der Waals surface area contributed by atoms with Gasteiger partial charge < -0.3 is 117 Å². The topological polar surface area (TPSA) is 777 Å². The van der Waals surface area contributed by atoms with E-state index in [4.69, 9.17) is 84.5 Å². The van der Waals surface area contributed by atoms with Gasteiger partial charge in [-0.05, 0) is 65.0 Å². The van der Waals surface area contributed by atoms with Crippen molar-refractivity contribution in [2.24, 2.45) is 5.92 Å². The highest BCUT2D eigenvalue weighted by Crippen LogP contribution is 2.52. The van der Waals surface area contributed by atoms with Crippen LogP contribution in [0.1, 0.15) is 104 Å². The smallest absolute Gasteiger partial charge is 0.455 e. The minimum atomic E-state index is -5.30. The van der Waals surface area contributed by atoms with E-state index < -0.39 is 219 Å². The zero-order chi connectivity index (χ0) is 92.6. The Balaban J connectivity index is 0.000000270. The average Bonchev–Trinajstić information content (AvgIpc) is 1.62. The molecule has 0 radical (unpaired) electrons. The number of nitriles is 1. The Labute approximate surface area is 713 Å². The van der Waals surface area contributed by atoms with Gasteiger partial charge in [0.2, 0.25) is 0 Å². The quantitative estimate of drug-likeness (QED) is 0.00462. The molecule has 10 rings (SSSR count). The number of aliphatic hydroxyl groups is 3. The number of esters is 2. The number of phosphoric ester groups is 4. The molecule has 4 saturated heterocycles. The number of alkyl carbamates (subject to hydrolysis) is 1. The summed E-state index contributed by atoms with van der Waals surface area (Å²) in [6.45, 7) is 2.23. The number of hydrogen-bond acceptors (Lipinski definition) is 40. The number of ether oxygens (including phenoxy) is 7. The number of phosphoric acid groups is 4. The number of imidazole rings is 2. The highest BCUT2D eigenvalue weighted by atomic mass is 127. The van der Waals surface area contributed by atoms with Crippen LogP contribution in [0.2, 0.25) is 0 Å². The van der Waals surface area contributed by atoms with Gasteiger partial charge in [-0.15, -0.1) is 0 Å². The lowest BCUT2D eigenvalue weighted by Gasteiger charge is -2.26. The van der Waals surface area contributed by atoms with Crippen LogP contribution >= 0.6 is 53.9 Å². The number of nitrogens with zero attached hydrogens (tertiary/aromatic N) is 13. The maximum Gasteiger partial charge on any atom is 0.472 e. The van der Waals surface area contributed by atoms with E-state index in [0.29, 0.717) is 41.9 Å². The number of aromatic nitrogens is 12. The highest BCUT2D eigenvalue weighted by Gasteiger charge is 2.52. The van der Waals surface area contributed by atoms with E-state index >= 15 is 0 Å². The van der Waals surface area contributed by atoms with Crippen molar-refractivity contribution in [1.82, 2.24) is 74.1 Å². The molecule has 125 heavy (non-hydrogen) atoms. The minimum absolute atomic E-state index is 0.0451. The number of nitrogens with two attached hydrogens (primary N) is 4. The van der Waals surface area contributed by atoms with Crippen LogP contribution < -0.4 is 50.3 Å². The van der Waals surface area contributed by atoms with Gasteiger partial charge >= 0.3 is 82.6 Å². The summed E-state index contributed by atoms with van der Waals surface area (Å²) in [6, 6.07) is 2.68. The van der Waals surface area contributed by atoms with Gasteiger partial charge in [0, 0.05) is 60.9 Å². The Hall–Kier alpha value is -8.76. The highest BCUT2D eigenvalue weighted by molar-refractivity contribution is 14.1. The zero-order valence-corrected chi connectivity index (χ0v) is 71.2. The average molecular weight is 1990 g/mol. The molecule has 4 fully saturated rings. The van der Waals surface area contributed by atoms with E-state index in [1.54, 1.807) is 39.1 Å². The number of carbonyl (C=O) groups is 5. The fourth-order valence-corrected chi connectivity index (χ4v) is 14.8. The van der Waals surface area contributed by atoms with Crippen molar-refractivity contribution >= 4 is 129 Å². The standard InChI is InChI=1S/C32H45F2IN10O17P2.C19H26N8O13P2.C11H15F3N2O3/c1-31(2,3)61-30(50)42-15(6-4-5-8-38-28(48)32(33,34)35)27(47)60-23-18(59-26(22(23)46)45-14-41-21-24(37)39-13-40-25(21)45)12-57-64(54,55)62-16-10-20(44-9-7-19(36)43-29(44)49)58-17(16)11-56-63(51,52)53;20-11-1-2-26(19(30)25-11)12-3-8(9(38-12)4-36-41(31,32)33)40-42(34,35)37-5-10-14(28)15(29)18(39-10)27-7-24-13-16(21)22-6-23-17(13)27;1-8(9(17)19-7-5-15)4-2-3-6-16-10(18)11(12,13)14/h7,9,13-18,20,22-23,26,46H,4-6,8,10-12H2,1-3H3,(H,38,48)(H,42,50)(H,54,55)(H2,36,43,49)(H2,37,39,40)(H2,51,52,53);1-2,6-10,12,14-15,18,28-29H,3-5H2,(H,34,35)(H2,20,25,30)(H2,21,22,23)(H2,31,32,33);8H,2-4,6-7H2,1H3,(H,16,18)/t15-,16-,17+,18+,20+,22+,23+,26+;8-,9+,10+,12+,14+,15+,18+;8-/m000/s1. The fraction of sp³-hybridized carbons (Fsp3) is 0.613. The molecule has 0 aliphatic carbocycles. The number of rotatable bonds is 36. The number of anilines is 4. The van der Waals surface area contributed by atoms with Gasteiger partial charge in [-0.3, -0.25) is 59.8 Å².